The molecule has 3 N–H and O–H groups in total. The quantitative estimate of drug-likeness (QED) is 0.288. The molecule has 148 valence electrons. The zero-order chi connectivity index (χ0) is 18.8. The third kappa shape index (κ3) is 9.23. The summed E-state index contributed by atoms with van der Waals surface area (Å²) >= 11 is 1.77. The van der Waals surface area contributed by atoms with Crippen LogP contribution in [-0.4, -0.2) is 25.5 Å². The molecule has 5 nitrogen and oxygen atoms in total. The lowest BCUT2D eigenvalue weighted by atomic mass is 10.1. The number of carbonyl (C=O) groups is 1. The van der Waals surface area contributed by atoms with E-state index >= 15 is 0 Å². The molecule has 1 amide bonds. The molecule has 27 heavy (non-hydrogen) atoms. The van der Waals surface area contributed by atoms with Crippen molar-refractivity contribution in [1.29, 1.82) is 0 Å². The minimum absolute atomic E-state index is 0. The van der Waals surface area contributed by atoms with Gasteiger partial charge in [0, 0.05) is 37.1 Å². The summed E-state index contributed by atoms with van der Waals surface area (Å²) in [6, 6.07) is 12.1. The molecule has 7 heteroatoms. The fourth-order valence-electron chi connectivity index (χ4n) is 2.51. The van der Waals surface area contributed by atoms with E-state index in [9.17, 15) is 4.79 Å². The number of carbonyl (C=O) groups excluding carboxylic acids is 1. The Labute approximate surface area is 183 Å². The lowest BCUT2D eigenvalue weighted by Gasteiger charge is -2.13. The lowest BCUT2D eigenvalue weighted by molar-refractivity contribution is -0.116. The second-order valence-electron chi connectivity index (χ2n) is 6.53. The summed E-state index contributed by atoms with van der Waals surface area (Å²) in [7, 11) is 1.77. The van der Waals surface area contributed by atoms with Crippen LogP contribution in [0.3, 0.4) is 0 Å². The van der Waals surface area contributed by atoms with Gasteiger partial charge in [-0.3, -0.25) is 9.79 Å². The Morgan fingerprint density at radius 1 is 1.19 bits per heavy atom. The highest BCUT2D eigenvalue weighted by Gasteiger charge is 2.06. The molecule has 2 rings (SSSR count). The van der Waals surface area contributed by atoms with Crippen LogP contribution >= 0.6 is 35.3 Å². The normalized spacial score (nSPS) is 11.0. The first-order chi connectivity index (χ1) is 12.6. The lowest BCUT2D eigenvalue weighted by Crippen LogP contribution is -2.37. The Morgan fingerprint density at radius 3 is 2.67 bits per heavy atom. The third-order valence-electron chi connectivity index (χ3n) is 3.73. The summed E-state index contributed by atoms with van der Waals surface area (Å²) in [5.41, 5.74) is 1.92. The largest absolute Gasteiger partial charge is 0.356 e. The number of nitrogens with one attached hydrogen (secondary N) is 3. The van der Waals surface area contributed by atoms with Gasteiger partial charge in [0.25, 0.3) is 0 Å². The zero-order valence-corrected chi connectivity index (χ0v) is 19.3. The number of benzene rings is 1. The van der Waals surface area contributed by atoms with Gasteiger partial charge in [0.05, 0.1) is 0 Å². The summed E-state index contributed by atoms with van der Waals surface area (Å²) in [5.74, 6) is 1.18. The summed E-state index contributed by atoms with van der Waals surface area (Å²) in [6.07, 6.45) is 1.51. The smallest absolute Gasteiger partial charge is 0.224 e. The molecule has 0 bridgehead atoms. The summed E-state index contributed by atoms with van der Waals surface area (Å²) in [4.78, 5) is 17.5. The Balaban J connectivity index is 0.00000364. The van der Waals surface area contributed by atoms with E-state index in [0.29, 0.717) is 18.9 Å². The molecule has 0 fully saturated rings. The number of thiophene rings is 1. The highest BCUT2D eigenvalue weighted by Crippen LogP contribution is 2.12. The molecule has 0 saturated carbocycles. The minimum Gasteiger partial charge on any atom is -0.356 e. The van der Waals surface area contributed by atoms with E-state index in [-0.39, 0.29) is 29.9 Å². The first-order valence-corrected chi connectivity index (χ1v) is 9.80. The molecule has 0 radical (unpaired) electrons. The van der Waals surface area contributed by atoms with E-state index in [4.69, 9.17) is 0 Å². The maximum atomic E-state index is 11.9. The van der Waals surface area contributed by atoms with Crippen LogP contribution in [0, 0.1) is 5.92 Å². The first-order valence-electron chi connectivity index (χ1n) is 8.92. The summed E-state index contributed by atoms with van der Waals surface area (Å²) < 4.78 is 0. The molecule has 0 aliphatic rings. The van der Waals surface area contributed by atoms with Gasteiger partial charge < -0.3 is 16.0 Å². The van der Waals surface area contributed by atoms with Gasteiger partial charge in [-0.15, -0.1) is 35.3 Å². The fourth-order valence-corrected chi connectivity index (χ4v) is 3.22. The van der Waals surface area contributed by atoms with Crippen molar-refractivity contribution < 1.29 is 4.79 Å². The molecular weight excluding hydrogens is 471 g/mol. The van der Waals surface area contributed by atoms with Gasteiger partial charge in [0.15, 0.2) is 5.96 Å². The van der Waals surface area contributed by atoms with E-state index in [1.807, 2.05) is 38.1 Å². The van der Waals surface area contributed by atoms with Crippen LogP contribution in [0.5, 0.6) is 0 Å². The molecule has 2 aromatic rings. The number of halogens is 1. The molecule has 0 atom stereocenters. The second-order valence-corrected chi connectivity index (χ2v) is 7.56. The Bertz CT molecular complexity index is 717. The molecule has 0 spiro atoms. The van der Waals surface area contributed by atoms with Crippen molar-refractivity contribution in [3.63, 3.8) is 0 Å². The number of nitrogens with zero attached hydrogens (tertiary/aromatic N) is 1. The molecular formula is C20H29IN4OS. The van der Waals surface area contributed by atoms with Crippen molar-refractivity contribution in [2.75, 3.05) is 18.9 Å². The molecule has 1 aromatic heterocycles. The van der Waals surface area contributed by atoms with Crippen LogP contribution in [0.2, 0.25) is 0 Å². The van der Waals surface area contributed by atoms with Gasteiger partial charge in [0.1, 0.15) is 0 Å². The van der Waals surface area contributed by atoms with E-state index in [0.717, 1.165) is 30.2 Å². The zero-order valence-electron chi connectivity index (χ0n) is 16.1. The van der Waals surface area contributed by atoms with E-state index < -0.39 is 0 Å². The molecule has 1 aromatic carbocycles. The second kappa shape index (κ2) is 12.7. The number of guanidine groups is 1. The number of hydrogen-bond acceptors (Lipinski definition) is 3. The van der Waals surface area contributed by atoms with Gasteiger partial charge in [-0.1, -0.05) is 32.0 Å². The Kier molecular flexibility index (Phi) is 11.0. The topological polar surface area (TPSA) is 65.5 Å². The highest BCUT2D eigenvalue weighted by molar-refractivity contribution is 14.0. The number of rotatable bonds is 8. The van der Waals surface area contributed by atoms with Gasteiger partial charge in [-0.2, -0.15) is 0 Å². The predicted octanol–water partition coefficient (Wildman–Crippen LogP) is 4.26. The standard InChI is InChI=1S/C20H28N4OS.HI/c1-15(2)12-19(25)24-17-7-4-6-16(13-17)14-23-20(21-3)22-10-9-18-8-5-11-26-18;/h4-8,11,13,15H,9-10,12,14H2,1-3H3,(H,24,25)(H2,21,22,23);1H. The number of hydrogen-bond donors (Lipinski definition) is 3. The predicted molar refractivity (Wildman–Crippen MR) is 126 cm³/mol. The van der Waals surface area contributed by atoms with Crippen LogP contribution in [0.4, 0.5) is 5.69 Å². The van der Waals surface area contributed by atoms with Gasteiger partial charge >= 0.3 is 0 Å². The van der Waals surface area contributed by atoms with Crippen LogP contribution < -0.4 is 16.0 Å². The number of aliphatic imine (C=N–C) groups is 1. The maximum absolute atomic E-state index is 11.9. The average Bonchev–Trinajstić information content (AvgIpc) is 3.11. The van der Waals surface area contributed by atoms with Crippen LogP contribution in [0.15, 0.2) is 46.8 Å². The van der Waals surface area contributed by atoms with Crippen LogP contribution in [0.25, 0.3) is 0 Å². The Morgan fingerprint density at radius 2 is 2.00 bits per heavy atom. The molecule has 0 aliphatic heterocycles. The maximum Gasteiger partial charge on any atom is 0.224 e. The van der Waals surface area contributed by atoms with Crippen molar-refractivity contribution >= 4 is 52.9 Å². The highest BCUT2D eigenvalue weighted by atomic mass is 127. The average molecular weight is 500 g/mol. The molecule has 0 saturated heterocycles. The monoisotopic (exact) mass is 500 g/mol. The van der Waals surface area contributed by atoms with Crippen molar-refractivity contribution in [3.05, 3.63) is 52.2 Å². The third-order valence-corrected chi connectivity index (χ3v) is 4.67. The van der Waals surface area contributed by atoms with E-state index in [1.165, 1.54) is 4.88 Å². The minimum atomic E-state index is 0. The SMILES string of the molecule is CN=C(NCCc1cccs1)NCc1cccc(NC(=O)CC(C)C)c1.I. The van der Waals surface area contributed by atoms with Crippen molar-refractivity contribution in [3.8, 4) is 0 Å². The number of amides is 1. The van der Waals surface area contributed by atoms with Gasteiger partial charge in [-0.25, -0.2) is 0 Å². The first kappa shape index (κ1) is 23.4. The van der Waals surface area contributed by atoms with Crippen LogP contribution in [0.1, 0.15) is 30.7 Å². The summed E-state index contributed by atoms with van der Waals surface area (Å²) in [5, 5.41) is 11.7. The summed E-state index contributed by atoms with van der Waals surface area (Å²) in [6.45, 7) is 5.56. The van der Waals surface area contributed by atoms with Gasteiger partial charge in [-0.05, 0) is 41.5 Å². The van der Waals surface area contributed by atoms with Crippen molar-refractivity contribution in [1.82, 2.24) is 10.6 Å². The van der Waals surface area contributed by atoms with Crippen LogP contribution in [-0.2, 0) is 17.8 Å². The molecule has 1 heterocycles. The van der Waals surface area contributed by atoms with Gasteiger partial charge in [0.2, 0.25) is 5.91 Å². The molecule has 0 unspecified atom stereocenters. The van der Waals surface area contributed by atoms with E-state index in [1.54, 1.807) is 18.4 Å². The fraction of sp³-hybridized carbons (Fsp3) is 0.400. The molecule has 0 aliphatic carbocycles. The Hall–Kier alpha value is -1.61. The number of anilines is 1. The van der Waals surface area contributed by atoms with E-state index in [2.05, 4.69) is 38.5 Å². The van der Waals surface area contributed by atoms with Crippen molar-refractivity contribution in [2.24, 2.45) is 10.9 Å². The van der Waals surface area contributed by atoms with Crippen molar-refractivity contribution in [2.45, 2.75) is 33.2 Å².